The highest BCUT2D eigenvalue weighted by atomic mass is 16.5. The predicted molar refractivity (Wildman–Crippen MR) is 124 cm³/mol. The van der Waals surface area contributed by atoms with E-state index in [1.54, 1.807) is 32.4 Å². The molecule has 2 aromatic carbocycles. The van der Waals surface area contributed by atoms with Crippen LogP contribution < -0.4 is 25.4 Å². The molecular formula is C24H28N4O5. The number of amides is 4. The SMILES string of the molecule is COc1ccc(-c2ccc3c(c2)C(=O)N2CC[C@H](NC(=O)NC(C)C)[C@H]2C(=O)N3)c(OC)c1. The van der Waals surface area contributed by atoms with E-state index in [2.05, 4.69) is 16.0 Å². The highest BCUT2D eigenvalue weighted by molar-refractivity contribution is 6.11. The molecule has 2 aliphatic rings. The standard InChI is InChI=1S/C24H28N4O5/c1-13(2)25-24(31)27-19-9-10-28-21(19)22(29)26-18-8-5-14(11-17(18)23(28)30)16-7-6-15(32-3)12-20(16)33-4/h5-8,11-13,19,21H,9-10H2,1-4H3,(H,26,29)(H2,25,27,31)/t19-,21-/m0/s1. The minimum Gasteiger partial charge on any atom is -0.497 e. The number of nitrogens with one attached hydrogen (secondary N) is 3. The van der Waals surface area contributed by atoms with E-state index in [-0.39, 0.29) is 23.9 Å². The van der Waals surface area contributed by atoms with Crippen molar-refractivity contribution in [2.24, 2.45) is 0 Å². The fourth-order valence-corrected chi connectivity index (χ4v) is 4.36. The molecular weight excluding hydrogens is 424 g/mol. The topological polar surface area (TPSA) is 109 Å². The first-order valence-electron chi connectivity index (χ1n) is 10.9. The second kappa shape index (κ2) is 9.01. The number of ether oxygens (including phenoxy) is 2. The Balaban J connectivity index is 1.65. The number of benzene rings is 2. The minimum atomic E-state index is -0.776. The van der Waals surface area contributed by atoms with Crippen LogP contribution in [0.2, 0.25) is 0 Å². The molecule has 4 amide bonds. The zero-order chi connectivity index (χ0) is 23.7. The van der Waals surface area contributed by atoms with Gasteiger partial charge in [-0.15, -0.1) is 0 Å². The summed E-state index contributed by atoms with van der Waals surface area (Å²) in [7, 11) is 3.16. The fourth-order valence-electron chi connectivity index (χ4n) is 4.36. The van der Waals surface area contributed by atoms with Crippen molar-refractivity contribution in [1.82, 2.24) is 15.5 Å². The summed E-state index contributed by atoms with van der Waals surface area (Å²) in [5.41, 5.74) is 2.42. The van der Waals surface area contributed by atoms with Crippen LogP contribution in [0.5, 0.6) is 11.5 Å². The number of carbonyl (C=O) groups excluding carboxylic acids is 3. The quantitative estimate of drug-likeness (QED) is 0.646. The fraction of sp³-hybridized carbons (Fsp3) is 0.375. The molecule has 2 aromatic rings. The molecule has 0 aromatic heterocycles. The van der Waals surface area contributed by atoms with Crippen LogP contribution >= 0.6 is 0 Å². The Morgan fingerprint density at radius 3 is 2.58 bits per heavy atom. The molecule has 0 saturated carbocycles. The van der Waals surface area contributed by atoms with Gasteiger partial charge in [0.1, 0.15) is 17.5 Å². The summed E-state index contributed by atoms with van der Waals surface area (Å²) in [5, 5.41) is 8.48. The van der Waals surface area contributed by atoms with Crippen molar-refractivity contribution in [2.75, 3.05) is 26.1 Å². The van der Waals surface area contributed by atoms with Gasteiger partial charge < -0.3 is 30.3 Å². The van der Waals surface area contributed by atoms with Crippen molar-refractivity contribution in [3.05, 3.63) is 42.0 Å². The summed E-state index contributed by atoms with van der Waals surface area (Å²) in [6.07, 6.45) is 0.497. The molecule has 2 aliphatic heterocycles. The molecule has 0 bridgehead atoms. The number of nitrogens with zero attached hydrogens (tertiary/aromatic N) is 1. The Kier molecular flexibility index (Phi) is 6.13. The maximum absolute atomic E-state index is 13.5. The van der Waals surface area contributed by atoms with Crippen LogP contribution in [0.1, 0.15) is 30.6 Å². The van der Waals surface area contributed by atoms with Crippen LogP contribution in [0, 0.1) is 0 Å². The molecule has 0 unspecified atom stereocenters. The molecule has 3 N–H and O–H groups in total. The van der Waals surface area contributed by atoms with Crippen molar-refractivity contribution in [3.8, 4) is 22.6 Å². The van der Waals surface area contributed by atoms with Crippen LogP contribution in [-0.2, 0) is 4.79 Å². The minimum absolute atomic E-state index is 0.0373. The molecule has 4 rings (SSSR count). The van der Waals surface area contributed by atoms with E-state index in [4.69, 9.17) is 9.47 Å². The molecule has 9 heteroatoms. The van der Waals surface area contributed by atoms with Gasteiger partial charge in [-0.3, -0.25) is 9.59 Å². The maximum atomic E-state index is 13.5. The Labute approximate surface area is 192 Å². The molecule has 0 spiro atoms. The Bertz CT molecular complexity index is 1100. The molecule has 9 nitrogen and oxygen atoms in total. The van der Waals surface area contributed by atoms with Crippen molar-refractivity contribution in [1.29, 1.82) is 0 Å². The average Bonchev–Trinajstić information content (AvgIpc) is 3.17. The molecule has 0 radical (unpaired) electrons. The van der Waals surface area contributed by atoms with Crippen molar-refractivity contribution in [2.45, 2.75) is 38.4 Å². The number of anilines is 1. The summed E-state index contributed by atoms with van der Waals surface area (Å²) in [6, 6.07) is 9.14. The van der Waals surface area contributed by atoms with Gasteiger partial charge in [-0.05, 0) is 50.1 Å². The first kappa shape index (κ1) is 22.4. The number of rotatable bonds is 5. The van der Waals surface area contributed by atoms with Gasteiger partial charge in [0.25, 0.3) is 5.91 Å². The summed E-state index contributed by atoms with van der Waals surface area (Å²) in [6.45, 7) is 4.09. The number of urea groups is 1. The Morgan fingerprint density at radius 1 is 1.09 bits per heavy atom. The third kappa shape index (κ3) is 4.30. The number of carbonyl (C=O) groups is 3. The van der Waals surface area contributed by atoms with E-state index in [0.717, 1.165) is 11.1 Å². The molecule has 174 valence electrons. The van der Waals surface area contributed by atoms with Crippen molar-refractivity contribution >= 4 is 23.5 Å². The molecule has 1 saturated heterocycles. The normalized spacial score (nSPS) is 19.4. The van der Waals surface area contributed by atoms with E-state index < -0.39 is 12.1 Å². The van der Waals surface area contributed by atoms with Gasteiger partial charge in [-0.2, -0.15) is 0 Å². The highest BCUT2D eigenvalue weighted by Gasteiger charge is 2.45. The second-order valence-corrected chi connectivity index (χ2v) is 8.43. The van der Waals surface area contributed by atoms with Gasteiger partial charge in [-0.1, -0.05) is 6.07 Å². The lowest BCUT2D eigenvalue weighted by Gasteiger charge is -2.25. The molecule has 0 aliphatic carbocycles. The summed E-state index contributed by atoms with van der Waals surface area (Å²) in [4.78, 5) is 40.2. The van der Waals surface area contributed by atoms with Gasteiger partial charge in [0, 0.05) is 24.2 Å². The van der Waals surface area contributed by atoms with Gasteiger partial charge >= 0.3 is 6.03 Å². The first-order valence-corrected chi connectivity index (χ1v) is 10.9. The van der Waals surface area contributed by atoms with Crippen LogP contribution in [-0.4, -0.2) is 61.6 Å². The van der Waals surface area contributed by atoms with Crippen LogP contribution in [0.25, 0.3) is 11.1 Å². The van der Waals surface area contributed by atoms with Gasteiger partial charge in [0.05, 0.1) is 31.5 Å². The van der Waals surface area contributed by atoms with Gasteiger partial charge in [-0.25, -0.2) is 4.79 Å². The first-order chi connectivity index (χ1) is 15.8. The maximum Gasteiger partial charge on any atom is 0.315 e. The van der Waals surface area contributed by atoms with E-state index in [0.29, 0.717) is 35.7 Å². The van der Waals surface area contributed by atoms with E-state index >= 15 is 0 Å². The van der Waals surface area contributed by atoms with Crippen LogP contribution in [0.15, 0.2) is 36.4 Å². The van der Waals surface area contributed by atoms with Crippen molar-refractivity contribution in [3.63, 3.8) is 0 Å². The molecule has 2 atom stereocenters. The third-order valence-electron chi connectivity index (χ3n) is 5.89. The average molecular weight is 453 g/mol. The predicted octanol–water partition coefficient (Wildman–Crippen LogP) is 2.61. The second-order valence-electron chi connectivity index (χ2n) is 8.43. The van der Waals surface area contributed by atoms with E-state index in [9.17, 15) is 14.4 Å². The largest absolute Gasteiger partial charge is 0.497 e. The van der Waals surface area contributed by atoms with E-state index in [1.165, 1.54) is 4.90 Å². The third-order valence-corrected chi connectivity index (χ3v) is 5.89. The summed E-state index contributed by atoms with van der Waals surface area (Å²) in [5.74, 6) is 0.702. The zero-order valence-electron chi connectivity index (χ0n) is 19.1. The summed E-state index contributed by atoms with van der Waals surface area (Å²) >= 11 is 0. The lowest BCUT2D eigenvalue weighted by Crippen LogP contribution is -2.54. The smallest absolute Gasteiger partial charge is 0.315 e. The lowest BCUT2D eigenvalue weighted by atomic mass is 10.00. The Hall–Kier alpha value is -3.75. The zero-order valence-corrected chi connectivity index (χ0v) is 19.1. The molecule has 2 heterocycles. The van der Waals surface area contributed by atoms with Crippen LogP contribution in [0.3, 0.4) is 0 Å². The van der Waals surface area contributed by atoms with Crippen LogP contribution in [0.4, 0.5) is 10.5 Å². The number of hydrogen-bond donors (Lipinski definition) is 3. The number of hydrogen-bond acceptors (Lipinski definition) is 5. The lowest BCUT2D eigenvalue weighted by molar-refractivity contribution is -0.120. The van der Waals surface area contributed by atoms with Crippen molar-refractivity contribution < 1.29 is 23.9 Å². The molecule has 33 heavy (non-hydrogen) atoms. The highest BCUT2D eigenvalue weighted by Crippen LogP contribution is 2.37. The number of methoxy groups -OCH3 is 2. The monoisotopic (exact) mass is 452 g/mol. The van der Waals surface area contributed by atoms with E-state index in [1.807, 2.05) is 32.0 Å². The molecule has 1 fully saturated rings. The van der Waals surface area contributed by atoms with Gasteiger partial charge in [0.15, 0.2) is 0 Å². The Morgan fingerprint density at radius 2 is 1.88 bits per heavy atom. The van der Waals surface area contributed by atoms with Gasteiger partial charge in [0.2, 0.25) is 5.91 Å². The number of fused-ring (bicyclic) bond motifs is 2. The summed E-state index contributed by atoms with van der Waals surface area (Å²) < 4.78 is 10.8.